The molecule has 0 spiro atoms. The van der Waals surface area contributed by atoms with Crippen molar-refractivity contribution in [1.82, 2.24) is 5.32 Å². The molecule has 7 heteroatoms. The van der Waals surface area contributed by atoms with Crippen molar-refractivity contribution in [2.45, 2.75) is 31.9 Å². The van der Waals surface area contributed by atoms with Crippen molar-refractivity contribution in [1.29, 1.82) is 0 Å². The van der Waals surface area contributed by atoms with Crippen molar-refractivity contribution in [2.75, 3.05) is 12.4 Å². The fourth-order valence-electron chi connectivity index (χ4n) is 2.99. The Morgan fingerprint density at radius 2 is 2.08 bits per heavy atom. The van der Waals surface area contributed by atoms with Gasteiger partial charge in [-0.2, -0.15) is 0 Å². The predicted molar refractivity (Wildman–Crippen MR) is 106 cm³/mol. The van der Waals surface area contributed by atoms with Crippen LogP contribution >= 0.6 is 23.8 Å². The molecule has 0 fully saturated rings. The third kappa shape index (κ3) is 4.19. The standard InChI is InChI=1S/C19H20ClFN2O2S/c1-19(2)10-16(13-9-12(24-3)5-7-17(13)25-19)23-18(26)22-11-4-6-15(21)14(20)8-11/h4-9,16H,10H2,1-3H3,(H2,22,23,26). The molecule has 138 valence electrons. The van der Waals surface area contributed by atoms with Gasteiger partial charge >= 0.3 is 0 Å². The topological polar surface area (TPSA) is 42.5 Å². The molecule has 4 nitrogen and oxygen atoms in total. The number of benzene rings is 2. The van der Waals surface area contributed by atoms with Gasteiger partial charge in [-0.15, -0.1) is 0 Å². The number of ether oxygens (including phenoxy) is 2. The van der Waals surface area contributed by atoms with Crippen LogP contribution in [-0.4, -0.2) is 17.8 Å². The van der Waals surface area contributed by atoms with Crippen LogP contribution in [0.2, 0.25) is 5.02 Å². The number of thiocarbonyl (C=S) groups is 1. The molecule has 0 saturated carbocycles. The Hall–Kier alpha value is -2.05. The summed E-state index contributed by atoms with van der Waals surface area (Å²) in [7, 11) is 1.63. The predicted octanol–water partition coefficient (Wildman–Crippen LogP) is 5.08. The zero-order chi connectivity index (χ0) is 18.9. The van der Waals surface area contributed by atoms with Gasteiger partial charge in [0.25, 0.3) is 0 Å². The summed E-state index contributed by atoms with van der Waals surface area (Å²) in [5.74, 6) is 1.08. The number of halogens is 2. The van der Waals surface area contributed by atoms with E-state index < -0.39 is 5.82 Å². The molecular formula is C19H20ClFN2O2S. The maximum atomic E-state index is 13.3. The van der Waals surface area contributed by atoms with Gasteiger partial charge in [-0.1, -0.05) is 11.6 Å². The molecule has 1 aliphatic rings. The fraction of sp³-hybridized carbons (Fsp3) is 0.316. The van der Waals surface area contributed by atoms with E-state index in [0.29, 0.717) is 10.8 Å². The van der Waals surface area contributed by atoms with Crippen molar-refractivity contribution < 1.29 is 13.9 Å². The summed E-state index contributed by atoms with van der Waals surface area (Å²) in [4.78, 5) is 0. The lowest BCUT2D eigenvalue weighted by Gasteiger charge is -2.38. The van der Waals surface area contributed by atoms with Crippen LogP contribution in [0.5, 0.6) is 11.5 Å². The Morgan fingerprint density at radius 3 is 2.77 bits per heavy atom. The lowest BCUT2D eigenvalue weighted by Crippen LogP contribution is -2.42. The zero-order valence-corrected chi connectivity index (χ0v) is 16.3. The average molecular weight is 395 g/mol. The van der Waals surface area contributed by atoms with E-state index in [2.05, 4.69) is 10.6 Å². The van der Waals surface area contributed by atoms with Gasteiger partial charge in [-0.25, -0.2) is 4.39 Å². The number of anilines is 1. The molecule has 1 heterocycles. The lowest BCUT2D eigenvalue weighted by molar-refractivity contribution is 0.0695. The third-order valence-corrected chi connectivity index (χ3v) is 4.67. The quantitative estimate of drug-likeness (QED) is 0.711. The van der Waals surface area contributed by atoms with E-state index in [1.807, 2.05) is 32.0 Å². The second-order valence-electron chi connectivity index (χ2n) is 6.75. The molecule has 2 aromatic rings. The lowest BCUT2D eigenvalue weighted by atomic mass is 9.89. The average Bonchev–Trinajstić information content (AvgIpc) is 2.57. The highest BCUT2D eigenvalue weighted by molar-refractivity contribution is 7.80. The summed E-state index contributed by atoms with van der Waals surface area (Å²) in [6.07, 6.45) is 0.721. The van der Waals surface area contributed by atoms with Crippen LogP contribution in [0.1, 0.15) is 31.9 Å². The molecule has 0 bridgehead atoms. The van der Waals surface area contributed by atoms with Gasteiger partial charge in [-0.05, 0) is 62.5 Å². The maximum Gasteiger partial charge on any atom is 0.171 e. The van der Waals surface area contributed by atoms with Crippen LogP contribution in [0.25, 0.3) is 0 Å². The Kier molecular flexibility index (Phi) is 5.25. The molecule has 2 aromatic carbocycles. The highest BCUT2D eigenvalue weighted by Crippen LogP contribution is 2.41. The molecule has 0 radical (unpaired) electrons. The van der Waals surface area contributed by atoms with E-state index in [9.17, 15) is 4.39 Å². The summed E-state index contributed by atoms with van der Waals surface area (Å²) in [6, 6.07) is 10.0. The molecule has 0 aromatic heterocycles. The number of rotatable bonds is 3. The van der Waals surface area contributed by atoms with Crippen molar-refractivity contribution in [3.63, 3.8) is 0 Å². The van der Waals surface area contributed by atoms with Gasteiger partial charge in [0.15, 0.2) is 5.11 Å². The number of hydrogen-bond donors (Lipinski definition) is 2. The second-order valence-corrected chi connectivity index (χ2v) is 7.57. The number of hydrogen-bond acceptors (Lipinski definition) is 3. The molecule has 26 heavy (non-hydrogen) atoms. The van der Waals surface area contributed by atoms with E-state index in [0.717, 1.165) is 23.5 Å². The van der Waals surface area contributed by atoms with Crippen LogP contribution in [-0.2, 0) is 0 Å². The Morgan fingerprint density at radius 1 is 1.31 bits per heavy atom. The SMILES string of the molecule is COc1ccc2c(c1)C(NC(=S)Nc1ccc(F)c(Cl)c1)CC(C)(C)O2. The van der Waals surface area contributed by atoms with Gasteiger partial charge in [0.2, 0.25) is 0 Å². The minimum absolute atomic E-state index is 0.0417. The minimum atomic E-state index is -0.469. The van der Waals surface area contributed by atoms with Gasteiger partial charge in [0.1, 0.15) is 22.9 Å². The highest BCUT2D eigenvalue weighted by atomic mass is 35.5. The minimum Gasteiger partial charge on any atom is -0.497 e. The largest absolute Gasteiger partial charge is 0.497 e. The summed E-state index contributed by atoms with van der Waals surface area (Å²) in [6.45, 7) is 4.07. The number of nitrogens with one attached hydrogen (secondary N) is 2. The monoisotopic (exact) mass is 394 g/mol. The smallest absolute Gasteiger partial charge is 0.171 e. The molecule has 2 N–H and O–H groups in total. The third-order valence-electron chi connectivity index (χ3n) is 4.16. The number of methoxy groups -OCH3 is 1. The van der Waals surface area contributed by atoms with Crippen molar-refractivity contribution in [3.05, 3.63) is 52.8 Å². The van der Waals surface area contributed by atoms with E-state index in [1.54, 1.807) is 13.2 Å². The van der Waals surface area contributed by atoms with E-state index in [-0.39, 0.29) is 16.7 Å². The fourth-order valence-corrected chi connectivity index (χ4v) is 3.43. The first kappa shape index (κ1) is 18.7. The van der Waals surface area contributed by atoms with E-state index in [1.165, 1.54) is 12.1 Å². The van der Waals surface area contributed by atoms with Crippen molar-refractivity contribution >= 4 is 34.6 Å². The summed E-state index contributed by atoms with van der Waals surface area (Å²) in [5.41, 5.74) is 1.25. The second kappa shape index (κ2) is 7.29. The van der Waals surface area contributed by atoms with E-state index in [4.69, 9.17) is 33.3 Å². The van der Waals surface area contributed by atoms with Gasteiger partial charge < -0.3 is 20.1 Å². The first-order valence-electron chi connectivity index (χ1n) is 8.17. The molecule has 3 rings (SSSR count). The van der Waals surface area contributed by atoms with Crippen molar-refractivity contribution in [2.24, 2.45) is 0 Å². The van der Waals surface area contributed by atoms with Gasteiger partial charge in [-0.3, -0.25) is 0 Å². The molecule has 0 amide bonds. The molecule has 1 aliphatic heterocycles. The van der Waals surface area contributed by atoms with Crippen LogP contribution in [0.3, 0.4) is 0 Å². The molecular weight excluding hydrogens is 375 g/mol. The van der Waals surface area contributed by atoms with Crippen LogP contribution in [0.15, 0.2) is 36.4 Å². The molecule has 1 unspecified atom stereocenters. The van der Waals surface area contributed by atoms with E-state index >= 15 is 0 Å². The number of fused-ring (bicyclic) bond motifs is 1. The summed E-state index contributed by atoms with van der Waals surface area (Å²) in [5, 5.41) is 6.82. The normalized spacial score (nSPS) is 17.7. The van der Waals surface area contributed by atoms with Crippen LogP contribution in [0.4, 0.5) is 10.1 Å². The summed E-state index contributed by atoms with van der Waals surface area (Å²) < 4.78 is 24.7. The zero-order valence-electron chi connectivity index (χ0n) is 14.7. The Labute approximate surface area is 162 Å². The van der Waals surface area contributed by atoms with Crippen LogP contribution < -0.4 is 20.1 Å². The Balaban J connectivity index is 1.79. The van der Waals surface area contributed by atoms with Gasteiger partial charge in [0.05, 0.1) is 18.2 Å². The maximum absolute atomic E-state index is 13.3. The molecule has 0 saturated heterocycles. The Bertz CT molecular complexity index is 844. The van der Waals surface area contributed by atoms with Crippen LogP contribution in [0, 0.1) is 5.82 Å². The van der Waals surface area contributed by atoms with Crippen molar-refractivity contribution in [3.8, 4) is 11.5 Å². The molecule has 1 atom stereocenters. The molecule has 0 aliphatic carbocycles. The first-order chi connectivity index (χ1) is 12.3. The summed E-state index contributed by atoms with van der Waals surface area (Å²) >= 11 is 11.2. The van der Waals surface area contributed by atoms with Gasteiger partial charge in [0, 0.05) is 17.7 Å². The highest BCUT2D eigenvalue weighted by Gasteiger charge is 2.34. The first-order valence-corrected chi connectivity index (χ1v) is 8.95.